The number of fused-ring (bicyclic) bond motifs is 2. The van der Waals surface area contributed by atoms with Crippen LogP contribution in [0.3, 0.4) is 0 Å². The van der Waals surface area contributed by atoms with Gasteiger partial charge >= 0.3 is 6.18 Å². The van der Waals surface area contributed by atoms with Crippen LogP contribution >= 0.6 is 0 Å². The Bertz CT molecular complexity index is 1270. The Kier molecular flexibility index (Phi) is 5.96. The average Bonchev–Trinajstić information content (AvgIpc) is 3.47. The summed E-state index contributed by atoms with van der Waals surface area (Å²) in [5.74, 6) is 0.850. The topological polar surface area (TPSA) is 91.5 Å². The van der Waals surface area contributed by atoms with Gasteiger partial charge in [0.1, 0.15) is 17.2 Å². The molecule has 35 heavy (non-hydrogen) atoms. The first-order valence-corrected chi connectivity index (χ1v) is 11.6. The maximum Gasteiger partial charge on any atom is 0.418 e. The number of pyridine rings is 1. The number of carbonyl (C=O) groups excluding carboxylic acids is 1. The van der Waals surface area contributed by atoms with Gasteiger partial charge in [-0.2, -0.15) is 13.2 Å². The number of benzene rings is 1. The summed E-state index contributed by atoms with van der Waals surface area (Å²) in [6.45, 7) is 6.19. The number of nitrogens with zero attached hydrogens (tertiary/aromatic N) is 2. The van der Waals surface area contributed by atoms with E-state index in [9.17, 15) is 18.0 Å². The molecule has 0 radical (unpaired) electrons. The maximum atomic E-state index is 13.5. The van der Waals surface area contributed by atoms with Gasteiger partial charge in [0.25, 0.3) is 5.91 Å². The van der Waals surface area contributed by atoms with Crippen molar-refractivity contribution in [2.24, 2.45) is 0 Å². The average molecular weight is 489 g/mol. The van der Waals surface area contributed by atoms with E-state index in [2.05, 4.69) is 20.6 Å². The SMILES string of the molecule is CCNc1cc(Nc2ccc(C(=O)N3CCOC(C)C3)c3c2OCC3)nc2[nH]cc(C(F)(F)F)c12. The minimum Gasteiger partial charge on any atom is -0.491 e. The third-order valence-electron chi connectivity index (χ3n) is 6.20. The fourth-order valence-corrected chi connectivity index (χ4v) is 4.66. The van der Waals surface area contributed by atoms with Gasteiger partial charge in [-0.25, -0.2) is 4.98 Å². The van der Waals surface area contributed by atoms with E-state index in [1.165, 1.54) is 0 Å². The number of amides is 1. The molecule has 0 spiro atoms. The van der Waals surface area contributed by atoms with E-state index >= 15 is 0 Å². The number of ether oxygens (including phenoxy) is 2. The summed E-state index contributed by atoms with van der Waals surface area (Å²) in [6, 6.07) is 5.05. The number of aromatic nitrogens is 2. The van der Waals surface area contributed by atoms with E-state index in [0.29, 0.717) is 67.8 Å². The Balaban J connectivity index is 1.48. The number of morpholine rings is 1. The van der Waals surface area contributed by atoms with E-state index < -0.39 is 11.7 Å². The van der Waals surface area contributed by atoms with Gasteiger partial charge in [0, 0.05) is 55.1 Å². The molecule has 186 valence electrons. The Labute approximate surface area is 199 Å². The number of hydrogen-bond acceptors (Lipinski definition) is 6. The molecule has 1 aromatic carbocycles. The van der Waals surface area contributed by atoms with Crippen LogP contribution in [0, 0.1) is 0 Å². The van der Waals surface area contributed by atoms with Crippen LogP contribution in [0.1, 0.15) is 35.3 Å². The molecule has 2 aliphatic heterocycles. The van der Waals surface area contributed by atoms with E-state index in [1.54, 1.807) is 23.1 Å². The van der Waals surface area contributed by atoms with Crippen molar-refractivity contribution in [1.82, 2.24) is 14.9 Å². The van der Waals surface area contributed by atoms with Crippen LogP contribution < -0.4 is 15.4 Å². The van der Waals surface area contributed by atoms with Crippen molar-refractivity contribution in [1.29, 1.82) is 0 Å². The van der Waals surface area contributed by atoms with Crippen LogP contribution in [-0.4, -0.2) is 59.7 Å². The summed E-state index contributed by atoms with van der Waals surface area (Å²) < 4.78 is 51.8. The molecular weight excluding hydrogens is 463 g/mol. The normalized spacial score (nSPS) is 17.9. The van der Waals surface area contributed by atoms with Gasteiger partial charge < -0.3 is 30.0 Å². The third kappa shape index (κ3) is 4.36. The quantitative estimate of drug-likeness (QED) is 0.487. The van der Waals surface area contributed by atoms with Gasteiger partial charge in [0.05, 0.1) is 36.0 Å². The molecular formula is C24H26F3N5O3. The third-order valence-corrected chi connectivity index (χ3v) is 6.20. The van der Waals surface area contributed by atoms with Crippen molar-refractivity contribution < 1.29 is 27.4 Å². The van der Waals surface area contributed by atoms with Crippen molar-refractivity contribution in [3.05, 3.63) is 41.1 Å². The van der Waals surface area contributed by atoms with Crippen LogP contribution in [0.2, 0.25) is 0 Å². The summed E-state index contributed by atoms with van der Waals surface area (Å²) in [5, 5.41) is 6.17. The lowest BCUT2D eigenvalue weighted by Gasteiger charge is -2.31. The number of halogens is 3. The molecule has 1 atom stereocenters. The van der Waals surface area contributed by atoms with E-state index in [1.807, 2.05) is 13.8 Å². The number of carbonyl (C=O) groups is 1. The molecule has 0 bridgehead atoms. The first-order chi connectivity index (χ1) is 16.8. The molecule has 3 aromatic rings. The first kappa shape index (κ1) is 23.3. The highest BCUT2D eigenvalue weighted by Gasteiger charge is 2.35. The van der Waals surface area contributed by atoms with Crippen LogP contribution in [-0.2, 0) is 17.3 Å². The zero-order valence-electron chi connectivity index (χ0n) is 19.4. The molecule has 1 fully saturated rings. The van der Waals surface area contributed by atoms with Crippen molar-refractivity contribution in [2.75, 3.05) is 43.5 Å². The minimum atomic E-state index is -4.51. The smallest absolute Gasteiger partial charge is 0.418 e. The molecule has 8 nitrogen and oxygen atoms in total. The maximum absolute atomic E-state index is 13.5. The monoisotopic (exact) mass is 489 g/mol. The highest BCUT2D eigenvalue weighted by Crippen LogP contribution is 2.41. The number of hydrogen-bond donors (Lipinski definition) is 3. The van der Waals surface area contributed by atoms with E-state index in [4.69, 9.17) is 9.47 Å². The number of H-pyrrole nitrogens is 1. The molecule has 11 heteroatoms. The van der Waals surface area contributed by atoms with Gasteiger partial charge in [-0.1, -0.05) is 0 Å². The first-order valence-electron chi connectivity index (χ1n) is 11.6. The van der Waals surface area contributed by atoms with Crippen molar-refractivity contribution in [3.63, 3.8) is 0 Å². The number of nitrogens with one attached hydrogen (secondary N) is 3. The van der Waals surface area contributed by atoms with Gasteiger partial charge in [-0.3, -0.25) is 4.79 Å². The fraction of sp³-hybridized carbons (Fsp3) is 0.417. The van der Waals surface area contributed by atoms with Gasteiger partial charge in [0.15, 0.2) is 0 Å². The number of alkyl halides is 3. The number of anilines is 3. The second-order valence-corrected chi connectivity index (χ2v) is 8.63. The molecule has 1 unspecified atom stereocenters. The standard InChI is InChI=1S/C24H26F3N5O3/c1-3-28-18-10-19(31-22-20(18)16(11-29-22)24(25,26)27)30-17-5-4-15(14-6-8-35-21(14)17)23(33)32-7-9-34-13(2)12-32/h4-5,10-11,13H,3,6-9,12H2,1-2H3,(H3,28,29,30,31). The molecule has 0 aliphatic carbocycles. The van der Waals surface area contributed by atoms with Crippen LogP contribution in [0.5, 0.6) is 5.75 Å². The van der Waals surface area contributed by atoms with Crippen LogP contribution in [0.4, 0.5) is 30.4 Å². The Hall–Kier alpha value is -3.47. The van der Waals surface area contributed by atoms with Gasteiger partial charge in [-0.15, -0.1) is 0 Å². The lowest BCUT2D eigenvalue weighted by Crippen LogP contribution is -2.44. The zero-order valence-corrected chi connectivity index (χ0v) is 19.4. The van der Waals surface area contributed by atoms with Crippen LogP contribution in [0.15, 0.2) is 24.4 Å². The van der Waals surface area contributed by atoms with Crippen molar-refractivity contribution >= 4 is 34.1 Å². The fourth-order valence-electron chi connectivity index (χ4n) is 4.66. The highest BCUT2D eigenvalue weighted by molar-refractivity contribution is 5.98. The lowest BCUT2D eigenvalue weighted by molar-refractivity contribution is -0.136. The lowest BCUT2D eigenvalue weighted by atomic mass is 10.0. The number of rotatable bonds is 5. The molecule has 5 rings (SSSR count). The molecule has 4 heterocycles. The molecule has 3 N–H and O–H groups in total. The predicted octanol–water partition coefficient (Wildman–Crippen LogP) is 4.55. The molecule has 1 saturated heterocycles. The van der Waals surface area contributed by atoms with Crippen LogP contribution in [0.25, 0.3) is 11.0 Å². The predicted molar refractivity (Wildman–Crippen MR) is 126 cm³/mol. The summed E-state index contributed by atoms with van der Waals surface area (Å²) in [4.78, 5) is 22.0. The summed E-state index contributed by atoms with van der Waals surface area (Å²) in [5.41, 5.74) is 1.66. The van der Waals surface area contributed by atoms with Crippen molar-refractivity contribution in [2.45, 2.75) is 32.5 Å². The molecule has 1 amide bonds. The highest BCUT2D eigenvalue weighted by atomic mass is 19.4. The Morgan fingerprint density at radius 3 is 2.86 bits per heavy atom. The Morgan fingerprint density at radius 1 is 1.29 bits per heavy atom. The second-order valence-electron chi connectivity index (χ2n) is 8.63. The zero-order chi connectivity index (χ0) is 24.7. The molecule has 0 saturated carbocycles. The van der Waals surface area contributed by atoms with Gasteiger partial charge in [0.2, 0.25) is 0 Å². The van der Waals surface area contributed by atoms with Gasteiger partial charge in [-0.05, 0) is 26.0 Å². The molecule has 2 aromatic heterocycles. The second kappa shape index (κ2) is 8.95. The number of aromatic amines is 1. The van der Waals surface area contributed by atoms with E-state index in [-0.39, 0.29) is 23.0 Å². The van der Waals surface area contributed by atoms with Crippen molar-refractivity contribution in [3.8, 4) is 5.75 Å². The largest absolute Gasteiger partial charge is 0.491 e. The van der Waals surface area contributed by atoms with E-state index in [0.717, 1.165) is 11.8 Å². The summed E-state index contributed by atoms with van der Waals surface area (Å²) >= 11 is 0. The summed E-state index contributed by atoms with van der Waals surface area (Å²) in [6.07, 6.45) is -3.01. The Morgan fingerprint density at radius 2 is 2.11 bits per heavy atom. The summed E-state index contributed by atoms with van der Waals surface area (Å²) in [7, 11) is 0. The molecule has 2 aliphatic rings. The minimum absolute atomic E-state index is 0.00735.